The van der Waals surface area contributed by atoms with Gasteiger partial charge in [0.1, 0.15) is 11.3 Å². The Bertz CT molecular complexity index is 1100. The molecule has 0 spiro atoms. The monoisotopic (exact) mass is 372 g/mol. The second-order valence-electron chi connectivity index (χ2n) is 6.95. The molecule has 0 fully saturated rings. The van der Waals surface area contributed by atoms with Crippen molar-refractivity contribution in [1.29, 1.82) is 0 Å². The highest BCUT2D eigenvalue weighted by Crippen LogP contribution is 2.37. The number of nitrogens with one attached hydrogen (secondary N) is 1. The molecule has 2 N–H and O–H groups in total. The van der Waals surface area contributed by atoms with E-state index in [2.05, 4.69) is 61.6 Å². The van der Waals surface area contributed by atoms with Gasteiger partial charge in [-0.15, -0.1) is 0 Å². The van der Waals surface area contributed by atoms with Gasteiger partial charge in [-0.25, -0.2) is 4.98 Å². The van der Waals surface area contributed by atoms with Gasteiger partial charge in [-0.3, -0.25) is 0 Å². The summed E-state index contributed by atoms with van der Waals surface area (Å²) in [6, 6.07) is 20.7. The molecule has 142 valence electrons. The Morgan fingerprint density at radius 2 is 1.68 bits per heavy atom. The van der Waals surface area contributed by atoms with Gasteiger partial charge in [0.05, 0.1) is 12.3 Å². The predicted octanol–water partition coefficient (Wildman–Crippen LogP) is 4.86. The Morgan fingerprint density at radius 3 is 2.46 bits per heavy atom. The van der Waals surface area contributed by atoms with Crippen LogP contribution in [0.1, 0.15) is 16.8 Å². The fourth-order valence-electron chi connectivity index (χ4n) is 3.59. The SMILES string of the molecule is Cc1c(-c2ccccc2)cccc1-c1oc2ccc(CNCCO)nc2c1C. The van der Waals surface area contributed by atoms with Crippen LogP contribution in [0.3, 0.4) is 0 Å². The smallest absolute Gasteiger partial charge is 0.153 e. The first kappa shape index (κ1) is 18.4. The lowest BCUT2D eigenvalue weighted by molar-refractivity contribution is 0.291. The molecule has 2 aromatic heterocycles. The van der Waals surface area contributed by atoms with Gasteiger partial charge in [-0.2, -0.15) is 0 Å². The number of hydrogen-bond donors (Lipinski definition) is 2. The van der Waals surface area contributed by atoms with Crippen molar-refractivity contribution < 1.29 is 9.52 Å². The minimum Gasteiger partial charge on any atom is -0.454 e. The summed E-state index contributed by atoms with van der Waals surface area (Å²) in [5.74, 6) is 0.873. The number of hydrogen-bond acceptors (Lipinski definition) is 4. The summed E-state index contributed by atoms with van der Waals surface area (Å²) >= 11 is 0. The van der Waals surface area contributed by atoms with Crippen molar-refractivity contribution in [2.75, 3.05) is 13.2 Å². The van der Waals surface area contributed by atoms with Crippen LogP contribution in [0.25, 0.3) is 33.6 Å². The average Bonchev–Trinajstić information content (AvgIpc) is 3.05. The van der Waals surface area contributed by atoms with E-state index in [1.54, 1.807) is 0 Å². The van der Waals surface area contributed by atoms with E-state index >= 15 is 0 Å². The molecule has 0 bridgehead atoms. The third-order valence-corrected chi connectivity index (χ3v) is 5.08. The second-order valence-corrected chi connectivity index (χ2v) is 6.95. The van der Waals surface area contributed by atoms with Crippen molar-refractivity contribution in [1.82, 2.24) is 10.3 Å². The number of aliphatic hydroxyl groups is 1. The maximum atomic E-state index is 8.92. The summed E-state index contributed by atoms with van der Waals surface area (Å²) in [6.07, 6.45) is 0. The van der Waals surface area contributed by atoms with Crippen molar-refractivity contribution in [2.45, 2.75) is 20.4 Å². The van der Waals surface area contributed by atoms with Gasteiger partial charge >= 0.3 is 0 Å². The van der Waals surface area contributed by atoms with E-state index < -0.39 is 0 Å². The predicted molar refractivity (Wildman–Crippen MR) is 113 cm³/mol. The van der Waals surface area contributed by atoms with Crippen LogP contribution in [-0.2, 0) is 6.54 Å². The first-order valence-corrected chi connectivity index (χ1v) is 9.55. The minimum atomic E-state index is 0.119. The van der Waals surface area contributed by atoms with Gasteiger partial charge in [0.15, 0.2) is 5.58 Å². The Kier molecular flexibility index (Phi) is 5.24. The van der Waals surface area contributed by atoms with Crippen LogP contribution in [0, 0.1) is 13.8 Å². The summed E-state index contributed by atoms with van der Waals surface area (Å²) < 4.78 is 6.21. The molecule has 0 aliphatic rings. The van der Waals surface area contributed by atoms with E-state index in [1.807, 2.05) is 18.2 Å². The van der Waals surface area contributed by atoms with E-state index in [4.69, 9.17) is 14.5 Å². The highest BCUT2D eigenvalue weighted by atomic mass is 16.3. The third-order valence-electron chi connectivity index (χ3n) is 5.08. The van der Waals surface area contributed by atoms with Crippen LogP contribution in [0.2, 0.25) is 0 Å². The molecule has 0 saturated carbocycles. The van der Waals surface area contributed by atoms with Crippen molar-refractivity contribution in [2.24, 2.45) is 0 Å². The number of rotatable bonds is 6. The molecule has 4 rings (SSSR count). The summed E-state index contributed by atoms with van der Waals surface area (Å²) in [4.78, 5) is 4.77. The molecular weight excluding hydrogens is 348 g/mol. The number of aromatic nitrogens is 1. The number of pyridine rings is 1. The zero-order valence-corrected chi connectivity index (χ0v) is 16.2. The molecule has 0 amide bonds. The van der Waals surface area contributed by atoms with Gasteiger partial charge in [0.2, 0.25) is 0 Å². The highest BCUT2D eigenvalue weighted by molar-refractivity contribution is 5.87. The molecule has 0 atom stereocenters. The van der Waals surface area contributed by atoms with Gasteiger partial charge in [-0.1, -0.05) is 48.5 Å². The van der Waals surface area contributed by atoms with Crippen molar-refractivity contribution in [3.05, 3.63) is 77.5 Å². The summed E-state index contributed by atoms with van der Waals surface area (Å²) in [6.45, 7) is 5.50. The summed E-state index contributed by atoms with van der Waals surface area (Å²) in [5, 5.41) is 12.1. The Balaban J connectivity index is 1.76. The number of aryl methyl sites for hydroxylation is 1. The molecule has 0 saturated heterocycles. The Morgan fingerprint density at radius 1 is 0.893 bits per heavy atom. The van der Waals surface area contributed by atoms with E-state index in [1.165, 1.54) is 16.7 Å². The molecule has 2 aromatic carbocycles. The molecule has 2 heterocycles. The molecule has 0 aliphatic carbocycles. The van der Waals surface area contributed by atoms with Crippen molar-refractivity contribution >= 4 is 11.1 Å². The number of benzene rings is 2. The first-order chi connectivity index (χ1) is 13.7. The minimum absolute atomic E-state index is 0.119. The molecular formula is C24H24N2O2. The van der Waals surface area contributed by atoms with Crippen LogP contribution < -0.4 is 5.32 Å². The molecule has 28 heavy (non-hydrogen) atoms. The zero-order valence-electron chi connectivity index (χ0n) is 16.2. The van der Waals surface area contributed by atoms with Crippen LogP contribution in [0.5, 0.6) is 0 Å². The normalized spacial score (nSPS) is 11.2. The largest absolute Gasteiger partial charge is 0.454 e. The van der Waals surface area contributed by atoms with E-state index in [0.717, 1.165) is 33.7 Å². The van der Waals surface area contributed by atoms with Crippen molar-refractivity contribution in [3.63, 3.8) is 0 Å². The average molecular weight is 372 g/mol. The van der Waals surface area contributed by atoms with Gasteiger partial charge in [-0.05, 0) is 42.7 Å². The topological polar surface area (TPSA) is 58.3 Å². The molecule has 4 aromatic rings. The number of fused-ring (bicyclic) bond motifs is 1. The number of nitrogens with zero attached hydrogens (tertiary/aromatic N) is 1. The van der Waals surface area contributed by atoms with Gasteiger partial charge in [0.25, 0.3) is 0 Å². The lowest BCUT2D eigenvalue weighted by Crippen LogP contribution is -2.18. The maximum Gasteiger partial charge on any atom is 0.153 e. The molecule has 0 unspecified atom stereocenters. The lowest BCUT2D eigenvalue weighted by Gasteiger charge is -2.10. The van der Waals surface area contributed by atoms with Crippen LogP contribution in [-0.4, -0.2) is 23.2 Å². The Labute approximate surface area is 164 Å². The van der Waals surface area contributed by atoms with E-state index in [-0.39, 0.29) is 6.61 Å². The highest BCUT2D eigenvalue weighted by Gasteiger charge is 2.17. The van der Waals surface area contributed by atoms with Crippen LogP contribution in [0.15, 0.2) is 65.1 Å². The lowest BCUT2D eigenvalue weighted by atomic mass is 9.94. The zero-order chi connectivity index (χ0) is 19.5. The first-order valence-electron chi connectivity index (χ1n) is 9.55. The molecule has 4 nitrogen and oxygen atoms in total. The standard InChI is InChI=1S/C24H24N2O2/c1-16-20(18-7-4-3-5-8-18)9-6-10-21(16)24-17(2)23-22(28-24)12-11-19(26-23)15-25-13-14-27/h3-12,25,27H,13-15H2,1-2H3. The fraction of sp³-hybridized carbons (Fsp3) is 0.208. The second kappa shape index (κ2) is 7.97. The third kappa shape index (κ3) is 3.44. The maximum absolute atomic E-state index is 8.92. The summed E-state index contributed by atoms with van der Waals surface area (Å²) in [7, 11) is 0. The number of aliphatic hydroxyl groups excluding tert-OH is 1. The van der Waals surface area contributed by atoms with E-state index in [9.17, 15) is 0 Å². The molecule has 0 aliphatic heterocycles. The van der Waals surface area contributed by atoms with Crippen molar-refractivity contribution in [3.8, 4) is 22.5 Å². The van der Waals surface area contributed by atoms with Gasteiger partial charge in [0, 0.05) is 24.2 Å². The summed E-state index contributed by atoms with van der Waals surface area (Å²) in [5.41, 5.74) is 8.37. The van der Waals surface area contributed by atoms with Crippen LogP contribution >= 0.6 is 0 Å². The van der Waals surface area contributed by atoms with Crippen LogP contribution in [0.4, 0.5) is 0 Å². The fourth-order valence-corrected chi connectivity index (χ4v) is 3.59. The van der Waals surface area contributed by atoms with E-state index in [0.29, 0.717) is 13.1 Å². The number of furan rings is 1. The molecule has 0 radical (unpaired) electrons. The Hall–Kier alpha value is -2.95. The van der Waals surface area contributed by atoms with Gasteiger partial charge < -0.3 is 14.8 Å². The molecule has 4 heteroatoms. The quantitative estimate of drug-likeness (QED) is 0.475.